The molecule has 1 saturated heterocycles. The molecular weight excluding hydrogens is 294 g/mol. The van der Waals surface area contributed by atoms with Crippen LogP contribution in [0.15, 0.2) is 24.3 Å². The Bertz CT molecular complexity index is 622. The first kappa shape index (κ1) is 15.5. The average molecular weight is 315 g/mol. The summed E-state index contributed by atoms with van der Waals surface area (Å²) in [6, 6.07) is 7.20. The molecule has 0 aromatic heterocycles. The molecule has 122 valence electrons. The van der Waals surface area contributed by atoms with Gasteiger partial charge in [0.15, 0.2) is 0 Å². The minimum atomic E-state index is -0.156. The highest BCUT2D eigenvalue weighted by Gasteiger charge is 2.39. The number of carbonyl (C=O) groups is 3. The zero-order chi connectivity index (χ0) is 16.4. The third-order valence-corrected chi connectivity index (χ3v) is 4.24. The normalized spacial score (nSPS) is 20.5. The van der Waals surface area contributed by atoms with Gasteiger partial charge in [0, 0.05) is 49.6 Å². The number of anilines is 1. The molecule has 2 N–H and O–H groups in total. The molecule has 6 heteroatoms. The monoisotopic (exact) mass is 315 g/mol. The van der Waals surface area contributed by atoms with Gasteiger partial charge in [-0.15, -0.1) is 0 Å². The quantitative estimate of drug-likeness (QED) is 0.862. The fourth-order valence-corrected chi connectivity index (χ4v) is 2.93. The lowest BCUT2D eigenvalue weighted by atomic mass is 10.1. The van der Waals surface area contributed by atoms with E-state index >= 15 is 0 Å². The number of amides is 3. The van der Waals surface area contributed by atoms with Crippen LogP contribution in [-0.2, 0) is 9.59 Å². The first-order valence-electron chi connectivity index (χ1n) is 7.98. The predicted octanol–water partition coefficient (Wildman–Crippen LogP) is 1.39. The molecule has 23 heavy (non-hydrogen) atoms. The summed E-state index contributed by atoms with van der Waals surface area (Å²) >= 11 is 0. The minimum Gasteiger partial charge on any atom is -0.352 e. The summed E-state index contributed by atoms with van der Waals surface area (Å²) < 4.78 is 0. The van der Waals surface area contributed by atoms with Gasteiger partial charge in [0.2, 0.25) is 11.8 Å². The van der Waals surface area contributed by atoms with Crippen molar-refractivity contribution >= 4 is 23.4 Å². The van der Waals surface area contributed by atoms with Crippen LogP contribution in [0.5, 0.6) is 0 Å². The van der Waals surface area contributed by atoms with E-state index in [1.54, 1.807) is 24.3 Å². The number of likely N-dealkylation sites (tertiary alicyclic amines) is 1. The highest BCUT2D eigenvalue weighted by Crippen LogP contribution is 2.32. The Balaban J connectivity index is 1.49. The molecule has 1 atom stereocenters. The zero-order valence-electron chi connectivity index (χ0n) is 13.2. The van der Waals surface area contributed by atoms with Crippen LogP contribution in [0, 0.1) is 5.92 Å². The van der Waals surface area contributed by atoms with E-state index < -0.39 is 0 Å². The van der Waals surface area contributed by atoms with Crippen LogP contribution in [0.2, 0.25) is 0 Å². The van der Waals surface area contributed by atoms with Crippen LogP contribution in [0.3, 0.4) is 0 Å². The summed E-state index contributed by atoms with van der Waals surface area (Å²) in [6.07, 6.45) is 2.76. The van der Waals surface area contributed by atoms with E-state index in [9.17, 15) is 14.4 Å². The number of rotatable bonds is 5. The van der Waals surface area contributed by atoms with Crippen molar-refractivity contribution in [3.63, 3.8) is 0 Å². The fourth-order valence-electron chi connectivity index (χ4n) is 2.93. The summed E-state index contributed by atoms with van der Waals surface area (Å²) in [7, 11) is 0. The van der Waals surface area contributed by atoms with E-state index in [2.05, 4.69) is 10.6 Å². The van der Waals surface area contributed by atoms with Crippen molar-refractivity contribution in [3.05, 3.63) is 29.8 Å². The van der Waals surface area contributed by atoms with Crippen LogP contribution >= 0.6 is 0 Å². The predicted molar refractivity (Wildman–Crippen MR) is 85.9 cm³/mol. The molecule has 1 aliphatic heterocycles. The second kappa shape index (κ2) is 6.40. The molecule has 0 radical (unpaired) electrons. The Morgan fingerprint density at radius 2 is 1.91 bits per heavy atom. The maximum Gasteiger partial charge on any atom is 0.251 e. The Kier molecular flexibility index (Phi) is 4.32. The summed E-state index contributed by atoms with van der Waals surface area (Å²) in [5.41, 5.74) is 1.21. The van der Waals surface area contributed by atoms with Crippen LogP contribution in [-0.4, -0.2) is 41.8 Å². The third kappa shape index (κ3) is 3.88. The molecule has 0 bridgehead atoms. The highest BCUT2D eigenvalue weighted by atomic mass is 16.2. The molecule has 2 fully saturated rings. The Morgan fingerprint density at radius 1 is 1.22 bits per heavy atom. The molecule has 3 amide bonds. The maximum absolute atomic E-state index is 12.1. The molecule has 6 nitrogen and oxygen atoms in total. The first-order chi connectivity index (χ1) is 11.0. The van der Waals surface area contributed by atoms with Crippen LogP contribution in [0.4, 0.5) is 5.69 Å². The lowest BCUT2D eigenvalue weighted by Crippen LogP contribution is -2.32. The molecule has 1 unspecified atom stereocenters. The number of nitrogens with zero attached hydrogens (tertiary/aromatic N) is 1. The lowest BCUT2D eigenvalue weighted by Gasteiger charge is -2.15. The van der Waals surface area contributed by atoms with Crippen molar-refractivity contribution in [2.24, 2.45) is 5.92 Å². The average Bonchev–Trinajstić information content (AvgIpc) is 3.28. The molecule has 1 aliphatic carbocycles. The van der Waals surface area contributed by atoms with Gasteiger partial charge in [-0.3, -0.25) is 14.4 Å². The van der Waals surface area contributed by atoms with Gasteiger partial charge in [-0.25, -0.2) is 0 Å². The summed E-state index contributed by atoms with van der Waals surface area (Å²) in [6.45, 7) is 2.71. The number of benzene rings is 1. The van der Waals surface area contributed by atoms with Crippen molar-refractivity contribution in [2.45, 2.75) is 32.2 Å². The standard InChI is InChI=1S/C17H21N3O3/c1-11(21)19-14-4-2-13(3-5-14)17(23)18-9-12-8-16(22)20(10-12)15-6-7-15/h2-5,12,15H,6-10H2,1H3,(H,18,23)(H,19,21). The van der Waals surface area contributed by atoms with E-state index in [0.29, 0.717) is 30.3 Å². The van der Waals surface area contributed by atoms with E-state index in [4.69, 9.17) is 0 Å². The summed E-state index contributed by atoms with van der Waals surface area (Å²) in [5.74, 6) is 0.113. The van der Waals surface area contributed by atoms with E-state index in [0.717, 1.165) is 19.4 Å². The van der Waals surface area contributed by atoms with Gasteiger partial charge in [0.05, 0.1) is 0 Å². The van der Waals surface area contributed by atoms with Gasteiger partial charge in [-0.1, -0.05) is 0 Å². The van der Waals surface area contributed by atoms with Crippen molar-refractivity contribution < 1.29 is 14.4 Å². The van der Waals surface area contributed by atoms with Crippen molar-refractivity contribution in [3.8, 4) is 0 Å². The number of hydrogen-bond acceptors (Lipinski definition) is 3. The second-order valence-electron chi connectivity index (χ2n) is 6.32. The van der Waals surface area contributed by atoms with Gasteiger partial charge in [-0.05, 0) is 37.1 Å². The molecule has 0 spiro atoms. The Morgan fingerprint density at radius 3 is 2.52 bits per heavy atom. The first-order valence-corrected chi connectivity index (χ1v) is 7.98. The smallest absolute Gasteiger partial charge is 0.251 e. The highest BCUT2D eigenvalue weighted by molar-refractivity contribution is 5.95. The molecular formula is C17H21N3O3. The van der Waals surface area contributed by atoms with Crippen molar-refractivity contribution in [1.29, 1.82) is 0 Å². The SMILES string of the molecule is CC(=O)Nc1ccc(C(=O)NCC2CC(=O)N(C3CC3)C2)cc1. The number of nitrogens with one attached hydrogen (secondary N) is 2. The molecule has 3 rings (SSSR count). The van der Waals surface area contributed by atoms with Crippen LogP contribution in [0.1, 0.15) is 36.5 Å². The minimum absolute atomic E-state index is 0.145. The summed E-state index contributed by atoms with van der Waals surface area (Å²) in [4.78, 5) is 37.0. The van der Waals surface area contributed by atoms with Gasteiger partial charge in [-0.2, -0.15) is 0 Å². The van der Waals surface area contributed by atoms with Crippen LogP contribution in [0.25, 0.3) is 0 Å². The van der Waals surface area contributed by atoms with Gasteiger partial charge in [0.25, 0.3) is 5.91 Å². The maximum atomic E-state index is 12.1. The Labute approximate surface area is 135 Å². The molecule has 1 heterocycles. The number of hydrogen-bond donors (Lipinski definition) is 2. The molecule has 2 aliphatic rings. The largest absolute Gasteiger partial charge is 0.352 e. The lowest BCUT2D eigenvalue weighted by molar-refractivity contribution is -0.128. The second-order valence-corrected chi connectivity index (χ2v) is 6.32. The topological polar surface area (TPSA) is 78.5 Å². The van der Waals surface area contributed by atoms with E-state index in [-0.39, 0.29) is 23.6 Å². The van der Waals surface area contributed by atoms with Crippen LogP contribution < -0.4 is 10.6 Å². The van der Waals surface area contributed by atoms with Gasteiger partial charge >= 0.3 is 0 Å². The molecule has 1 saturated carbocycles. The van der Waals surface area contributed by atoms with Gasteiger partial charge in [0.1, 0.15) is 0 Å². The molecule has 1 aromatic carbocycles. The number of carbonyl (C=O) groups excluding carboxylic acids is 3. The van der Waals surface area contributed by atoms with Crippen molar-refractivity contribution in [1.82, 2.24) is 10.2 Å². The summed E-state index contributed by atoms with van der Waals surface area (Å²) in [5, 5.41) is 5.56. The van der Waals surface area contributed by atoms with E-state index in [1.807, 2.05) is 4.90 Å². The van der Waals surface area contributed by atoms with Crippen molar-refractivity contribution in [2.75, 3.05) is 18.4 Å². The fraction of sp³-hybridized carbons (Fsp3) is 0.471. The third-order valence-electron chi connectivity index (χ3n) is 4.24. The molecule has 1 aromatic rings. The van der Waals surface area contributed by atoms with Gasteiger partial charge < -0.3 is 15.5 Å². The van der Waals surface area contributed by atoms with E-state index in [1.165, 1.54) is 6.92 Å². The zero-order valence-corrected chi connectivity index (χ0v) is 13.2. The Hall–Kier alpha value is -2.37.